The van der Waals surface area contributed by atoms with Gasteiger partial charge in [-0.05, 0) is 95.0 Å². The average Bonchev–Trinajstić information content (AvgIpc) is 4.03. The molecule has 1 aromatic carbocycles. The standard InChI is InChI=1S/C35H50FN7O5/c1-6-43-28(14-15-37-43)33(45)40-31(29(23-8-9-23)24-10-11-24)34(46)38-27-13-12-25(20-26(27)36)21(3)30(39-32(44)22(4)48-7-2)35(47)42-18-16-41(5)17-19-42/h12-15,20-24,29-31H,6-11,16-19H2,1-5H3,(H,38,46)(H,39,44)(H,40,45)/t21-,22?,30+,31-/m0/s1. The molecule has 13 heteroatoms. The Morgan fingerprint density at radius 3 is 2.19 bits per heavy atom. The van der Waals surface area contributed by atoms with E-state index in [9.17, 15) is 19.2 Å². The van der Waals surface area contributed by atoms with Gasteiger partial charge in [0.25, 0.3) is 5.91 Å². The van der Waals surface area contributed by atoms with Gasteiger partial charge in [0, 0.05) is 51.4 Å². The molecular weight excluding hydrogens is 617 g/mol. The third kappa shape index (κ3) is 8.41. The predicted molar refractivity (Wildman–Crippen MR) is 179 cm³/mol. The van der Waals surface area contributed by atoms with E-state index in [1.54, 1.807) is 48.7 Å². The Hall–Kier alpha value is -3.84. The summed E-state index contributed by atoms with van der Waals surface area (Å²) in [5.74, 6) is -2.11. The number of aryl methyl sites for hydroxylation is 1. The van der Waals surface area contributed by atoms with Crippen molar-refractivity contribution in [1.29, 1.82) is 0 Å². The van der Waals surface area contributed by atoms with Crippen LogP contribution in [0.4, 0.5) is 10.1 Å². The number of nitrogens with zero attached hydrogens (tertiary/aromatic N) is 4. The molecule has 0 bridgehead atoms. The highest BCUT2D eigenvalue weighted by atomic mass is 19.1. The first-order valence-electron chi connectivity index (χ1n) is 17.3. The number of hydrogen-bond acceptors (Lipinski definition) is 7. The summed E-state index contributed by atoms with van der Waals surface area (Å²) in [7, 11) is 1.99. The van der Waals surface area contributed by atoms with Gasteiger partial charge in [0.1, 0.15) is 29.7 Å². The van der Waals surface area contributed by atoms with Gasteiger partial charge in [-0.15, -0.1) is 0 Å². The van der Waals surface area contributed by atoms with Gasteiger partial charge < -0.3 is 30.5 Å². The van der Waals surface area contributed by atoms with Crippen molar-refractivity contribution < 1.29 is 28.3 Å². The summed E-state index contributed by atoms with van der Waals surface area (Å²) in [6.07, 6.45) is 4.81. The SMILES string of the molecule is CCOC(C)C(=O)N[C@@H](C(=O)N1CCN(C)CC1)[C@@H](C)c1ccc(NC(=O)[C@@H](NC(=O)c2ccnn2CC)C(C2CC2)C2CC2)c(F)c1. The van der Waals surface area contributed by atoms with Gasteiger partial charge in [-0.1, -0.05) is 13.0 Å². The number of carbonyl (C=O) groups is 4. The summed E-state index contributed by atoms with van der Waals surface area (Å²) in [4.78, 5) is 57.8. The Bertz CT molecular complexity index is 1450. The third-order valence-corrected chi connectivity index (χ3v) is 9.98. The second-order valence-electron chi connectivity index (χ2n) is 13.5. The quantitative estimate of drug-likeness (QED) is 0.266. The number of ether oxygens (including phenoxy) is 1. The number of aromatic nitrogens is 2. The van der Waals surface area contributed by atoms with Crippen LogP contribution in [-0.4, -0.2) is 101 Å². The number of anilines is 1. The maximum Gasteiger partial charge on any atom is 0.270 e. The van der Waals surface area contributed by atoms with Crippen LogP contribution in [0, 0.1) is 23.6 Å². The lowest BCUT2D eigenvalue weighted by Crippen LogP contribution is -2.56. The van der Waals surface area contributed by atoms with Crippen LogP contribution in [-0.2, 0) is 25.7 Å². The smallest absolute Gasteiger partial charge is 0.270 e. The van der Waals surface area contributed by atoms with Crippen molar-refractivity contribution in [3.05, 3.63) is 47.5 Å². The number of halogens is 1. The van der Waals surface area contributed by atoms with Crippen LogP contribution in [0.3, 0.4) is 0 Å². The topological polar surface area (TPSA) is 138 Å². The van der Waals surface area contributed by atoms with Gasteiger partial charge >= 0.3 is 0 Å². The first-order valence-corrected chi connectivity index (χ1v) is 17.3. The summed E-state index contributed by atoms with van der Waals surface area (Å²) in [5.41, 5.74) is 0.845. The molecule has 3 aliphatic rings. The Morgan fingerprint density at radius 2 is 1.60 bits per heavy atom. The molecule has 2 saturated carbocycles. The van der Waals surface area contributed by atoms with Gasteiger partial charge in [-0.2, -0.15) is 5.10 Å². The fourth-order valence-corrected chi connectivity index (χ4v) is 6.76. The number of hydrogen-bond donors (Lipinski definition) is 3. The van der Waals surface area contributed by atoms with E-state index in [2.05, 4.69) is 25.9 Å². The molecular formula is C35H50FN7O5. The van der Waals surface area contributed by atoms with Crippen LogP contribution < -0.4 is 16.0 Å². The van der Waals surface area contributed by atoms with Crippen molar-refractivity contribution in [2.24, 2.45) is 17.8 Å². The van der Waals surface area contributed by atoms with Gasteiger partial charge in [0.15, 0.2) is 0 Å². The monoisotopic (exact) mass is 667 g/mol. The number of amides is 4. The minimum Gasteiger partial charge on any atom is -0.369 e. The van der Waals surface area contributed by atoms with Gasteiger partial charge in [-0.3, -0.25) is 23.9 Å². The molecule has 5 rings (SSSR count). The van der Waals surface area contributed by atoms with E-state index >= 15 is 4.39 Å². The predicted octanol–water partition coefficient (Wildman–Crippen LogP) is 3.00. The fraction of sp³-hybridized carbons (Fsp3) is 0.629. The molecule has 3 N–H and O–H groups in total. The zero-order valence-corrected chi connectivity index (χ0v) is 28.7. The van der Waals surface area contributed by atoms with Crippen LogP contribution >= 0.6 is 0 Å². The van der Waals surface area contributed by atoms with Crippen LogP contribution in [0.25, 0.3) is 0 Å². The Morgan fingerprint density at radius 1 is 0.938 bits per heavy atom. The molecule has 4 amide bonds. The molecule has 0 spiro atoms. The highest BCUT2D eigenvalue weighted by Gasteiger charge is 2.48. The van der Waals surface area contributed by atoms with E-state index in [0.717, 1.165) is 25.7 Å². The summed E-state index contributed by atoms with van der Waals surface area (Å²) >= 11 is 0. The maximum atomic E-state index is 15.8. The molecule has 1 aliphatic heterocycles. The summed E-state index contributed by atoms with van der Waals surface area (Å²) in [6.45, 7) is 10.4. The van der Waals surface area contributed by atoms with E-state index in [0.29, 0.717) is 62.4 Å². The first-order chi connectivity index (χ1) is 23.0. The second-order valence-corrected chi connectivity index (χ2v) is 13.5. The Labute approximate surface area is 282 Å². The normalized spacial score (nSPS) is 19.4. The zero-order chi connectivity index (χ0) is 34.5. The number of piperazine rings is 1. The molecule has 2 aromatic rings. The van der Waals surface area contributed by atoms with Crippen LogP contribution in [0.5, 0.6) is 0 Å². The van der Waals surface area contributed by atoms with E-state index in [1.165, 1.54) is 12.1 Å². The number of benzene rings is 1. The molecule has 2 aliphatic carbocycles. The number of rotatable bonds is 15. The van der Waals surface area contributed by atoms with E-state index < -0.39 is 41.7 Å². The highest BCUT2D eigenvalue weighted by molar-refractivity contribution is 6.01. The van der Waals surface area contributed by atoms with Crippen molar-refractivity contribution in [1.82, 2.24) is 30.2 Å². The van der Waals surface area contributed by atoms with Crippen molar-refractivity contribution in [3.8, 4) is 0 Å². The highest BCUT2D eigenvalue weighted by Crippen LogP contribution is 2.51. The van der Waals surface area contributed by atoms with Crippen molar-refractivity contribution in [3.63, 3.8) is 0 Å². The largest absolute Gasteiger partial charge is 0.369 e. The molecule has 1 saturated heterocycles. The zero-order valence-electron chi connectivity index (χ0n) is 28.7. The molecule has 12 nitrogen and oxygen atoms in total. The Balaban J connectivity index is 1.34. The van der Waals surface area contributed by atoms with Crippen LogP contribution in [0.2, 0.25) is 0 Å². The van der Waals surface area contributed by atoms with E-state index in [1.807, 2.05) is 14.0 Å². The molecule has 2 heterocycles. The van der Waals surface area contributed by atoms with E-state index in [-0.39, 0.29) is 23.4 Å². The van der Waals surface area contributed by atoms with E-state index in [4.69, 9.17) is 4.74 Å². The molecule has 0 radical (unpaired) electrons. The molecule has 1 aromatic heterocycles. The molecule has 3 fully saturated rings. The number of carbonyl (C=O) groups excluding carboxylic acids is 4. The lowest BCUT2D eigenvalue weighted by atomic mass is 9.88. The average molecular weight is 668 g/mol. The summed E-state index contributed by atoms with van der Waals surface area (Å²) in [6, 6.07) is 4.29. The number of likely N-dealkylation sites (N-methyl/N-ethyl adjacent to an activating group) is 1. The van der Waals surface area contributed by atoms with Gasteiger partial charge in [-0.25, -0.2) is 4.39 Å². The molecule has 262 valence electrons. The summed E-state index contributed by atoms with van der Waals surface area (Å²) < 4.78 is 22.8. The van der Waals surface area contributed by atoms with Crippen molar-refractivity contribution in [2.45, 2.75) is 84.0 Å². The van der Waals surface area contributed by atoms with Crippen molar-refractivity contribution >= 4 is 29.3 Å². The minimum absolute atomic E-state index is 0.0184. The van der Waals surface area contributed by atoms with Gasteiger partial charge in [0.2, 0.25) is 17.7 Å². The third-order valence-electron chi connectivity index (χ3n) is 9.98. The number of nitrogens with one attached hydrogen (secondary N) is 3. The summed E-state index contributed by atoms with van der Waals surface area (Å²) in [5, 5.41) is 12.8. The molecule has 1 unspecified atom stereocenters. The fourth-order valence-electron chi connectivity index (χ4n) is 6.76. The van der Waals surface area contributed by atoms with Gasteiger partial charge in [0.05, 0.1) is 5.69 Å². The van der Waals surface area contributed by atoms with Crippen LogP contribution in [0.15, 0.2) is 30.5 Å². The lowest BCUT2D eigenvalue weighted by molar-refractivity contribution is -0.141. The second kappa shape index (κ2) is 15.6. The first kappa shape index (κ1) is 35.5. The maximum absolute atomic E-state index is 15.8. The van der Waals surface area contributed by atoms with Crippen LogP contribution in [0.1, 0.15) is 75.3 Å². The minimum atomic E-state index is -0.947. The van der Waals surface area contributed by atoms with Crippen molar-refractivity contribution in [2.75, 3.05) is 45.2 Å². The lowest BCUT2D eigenvalue weighted by Gasteiger charge is -2.36. The molecule has 4 atom stereocenters. The Kier molecular flexibility index (Phi) is 11.5. The molecule has 48 heavy (non-hydrogen) atoms.